The van der Waals surface area contributed by atoms with Gasteiger partial charge in [0.05, 0.1) is 16.7 Å². The number of rotatable bonds is 5. The lowest BCUT2D eigenvalue weighted by atomic mass is 10.1. The Labute approximate surface area is 138 Å². The summed E-state index contributed by atoms with van der Waals surface area (Å²) in [5, 5.41) is 14.4. The summed E-state index contributed by atoms with van der Waals surface area (Å²) < 4.78 is 5.49. The van der Waals surface area contributed by atoms with Crippen LogP contribution in [0.5, 0.6) is 0 Å². The maximum atomic E-state index is 12.1. The SMILES string of the molecule is C[C@H]1CC(=O)N(c2ccc(NC[C@H]3CCCO3)c([N+](=O)[O-])c2)C1=O. The molecule has 2 fully saturated rings. The molecule has 3 rings (SSSR count). The highest BCUT2D eigenvalue weighted by atomic mass is 16.6. The van der Waals surface area contributed by atoms with E-state index in [1.54, 1.807) is 13.0 Å². The number of carbonyl (C=O) groups is 2. The van der Waals surface area contributed by atoms with Gasteiger partial charge >= 0.3 is 0 Å². The van der Waals surface area contributed by atoms with Crippen LogP contribution in [0.2, 0.25) is 0 Å². The van der Waals surface area contributed by atoms with Crippen molar-refractivity contribution in [3.05, 3.63) is 28.3 Å². The number of nitrogens with zero attached hydrogens (tertiary/aromatic N) is 2. The number of amides is 2. The first-order valence-electron chi connectivity index (χ1n) is 7.98. The molecule has 0 aliphatic carbocycles. The summed E-state index contributed by atoms with van der Waals surface area (Å²) >= 11 is 0. The molecule has 2 saturated heterocycles. The molecule has 2 atom stereocenters. The molecule has 1 N–H and O–H groups in total. The fourth-order valence-electron chi connectivity index (χ4n) is 3.04. The molecule has 1 aromatic rings. The first-order chi connectivity index (χ1) is 11.5. The quantitative estimate of drug-likeness (QED) is 0.503. The Balaban J connectivity index is 1.83. The van der Waals surface area contributed by atoms with E-state index >= 15 is 0 Å². The van der Waals surface area contributed by atoms with Crippen molar-refractivity contribution in [3.63, 3.8) is 0 Å². The van der Waals surface area contributed by atoms with Gasteiger partial charge < -0.3 is 10.1 Å². The van der Waals surface area contributed by atoms with Crippen LogP contribution in [0.3, 0.4) is 0 Å². The zero-order valence-electron chi connectivity index (χ0n) is 13.4. The monoisotopic (exact) mass is 333 g/mol. The van der Waals surface area contributed by atoms with E-state index in [0.717, 1.165) is 17.7 Å². The molecule has 1 aromatic carbocycles. The zero-order chi connectivity index (χ0) is 17.3. The Kier molecular flexibility index (Phi) is 4.48. The van der Waals surface area contributed by atoms with Crippen LogP contribution in [0.15, 0.2) is 18.2 Å². The minimum absolute atomic E-state index is 0.0480. The largest absolute Gasteiger partial charge is 0.377 e. The van der Waals surface area contributed by atoms with Crippen molar-refractivity contribution in [2.24, 2.45) is 5.92 Å². The molecule has 0 radical (unpaired) electrons. The van der Waals surface area contributed by atoms with Crippen molar-refractivity contribution >= 4 is 28.9 Å². The second-order valence-corrected chi connectivity index (χ2v) is 6.15. The maximum absolute atomic E-state index is 12.1. The Morgan fingerprint density at radius 2 is 2.21 bits per heavy atom. The topological polar surface area (TPSA) is 102 Å². The summed E-state index contributed by atoms with van der Waals surface area (Å²) in [7, 11) is 0. The Hall–Kier alpha value is -2.48. The lowest BCUT2D eigenvalue weighted by Gasteiger charge is -2.16. The van der Waals surface area contributed by atoms with Crippen LogP contribution in [0.4, 0.5) is 17.1 Å². The number of nitro groups is 1. The molecule has 2 aliphatic rings. The van der Waals surface area contributed by atoms with Gasteiger partial charge in [0.1, 0.15) is 5.69 Å². The summed E-state index contributed by atoms with van der Waals surface area (Å²) in [4.78, 5) is 35.9. The van der Waals surface area contributed by atoms with Gasteiger partial charge in [-0.25, -0.2) is 0 Å². The predicted molar refractivity (Wildman–Crippen MR) is 86.8 cm³/mol. The van der Waals surface area contributed by atoms with Crippen molar-refractivity contribution in [1.29, 1.82) is 0 Å². The van der Waals surface area contributed by atoms with Crippen LogP contribution >= 0.6 is 0 Å². The third-order valence-corrected chi connectivity index (χ3v) is 4.35. The van der Waals surface area contributed by atoms with E-state index < -0.39 is 10.8 Å². The van der Waals surface area contributed by atoms with Crippen molar-refractivity contribution < 1.29 is 19.2 Å². The van der Waals surface area contributed by atoms with Crippen LogP contribution in [0.1, 0.15) is 26.2 Å². The fourth-order valence-corrected chi connectivity index (χ4v) is 3.04. The highest BCUT2D eigenvalue weighted by Gasteiger charge is 2.37. The minimum Gasteiger partial charge on any atom is -0.377 e. The minimum atomic E-state index is -0.518. The molecule has 8 nitrogen and oxygen atoms in total. The summed E-state index contributed by atoms with van der Waals surface area (Å²) in [5.74, 6) is -1.05. The number of nitrogens with one attached hydrogen (secondary N) is 1. The molecule has 0 aromatic heterocycles. The predicted octanol–water partition coefficient (Wildman–Crippen LogP) is 2.09. The normalized spacial score (nSPS) is 23.8. The van der Waals surface area contributed by atoms with Gasteiger partial charge in [-0.3, -0.25) is 24.6 Å². The number of benzene rings is 1. The summed E-state index contributed by atoms with van der Waals surface area (Å²) in [6.45, 7) is 2.87. The van der Waals surface area contributed by atoms with Crippen LogP contribution in [0, 0.1) is 16.0 Å². The number of ether oxygens (including phenoxy) is 1. The van der Waals surface area contributed by atoms with Crippen molar-refractivity contribution in [2.75, 3.05) is 23.4 Å². The lowest BCUT2D eigenvalue weighted by molar-refractivity contribution is -0.383. The van der Waals surface area contributed by atoms with E-state index in [1.165, 1.54) is 12.1 Å². The van der Waals surface area contributed by atoms with Crippen LogP contribution in [0.25, 0.3) is 0 Å². The standard InChI is InChI=1S/C16H19N3O5/c1-10-7-15(20)18(16(10)21)11-4-5-13(14(8-11)19(22)23)17-9-12-3-2-6-24-12/h4-5,8,10,12,17H,2-3,6-7,9H2,1H3/t10-,12+/m0/s1. The number of anilines is 2. The number of carbonyl (C=O) groups excluding carboxylic acids is 2. The van der Waals surface area contributed by atoms with E-state index in [2.05, 4.69) is 5.32 Å². The molecule has 0 bridgehead atoms. The van der Waals surface area contributed by atoms with E-state index in [4.69, 9.17) is 4.74 Å². The number of imide groups is 1. The second-order valence-electron chi connectivity index (χ2n) is 6.15. The Morgan fingerprint density at radius 3 is 2.79 bits per heavy atom. The van der Waals surface area contributed by atoms with Crippen molar-refractivity contribution in [1.82, 2.24) is 0 Å². The highest BCUT2D eigenvalue weighted by Crippen LogP contribution is 2.33. The molecule has 2 aliphatic heterocycles. The Bertz CT molecular complexity index is 684. The van der Waals surface area contributed by atoms with E-state index in [1.807, 2.05) is 0 Å². The van der Waals surface area contributed by atoms with Crippen LogP contribution in [-0.2, 0) is 14.3 Å². The first-order valence-corrected chi connectivity index (χ1v) is 7.98. The molecule has 0 unspecified atom stereocenters. The molecule has 24 heavy (non-hydrogen) atoms. The smallest absolute Gasteiger partial charge is 0.294 e. The van der Waals surface area contributed by atoms with Gasteiger partial charge in [-0.05, 0) is 25.0 Å². The Morgan fingerprint density at radius 1 is 1.42 bits per heavy atom. The van der Waals surface area contributed by atoms with E-state index in [-0.39, 0.29) is 35.7 Å². The van der Waals surface area contributed by atoms with Gasteiger partial charge in [-0.15, -0.1) is 0 Å². The molecular weight excluding hydrogens is 314 g/mol. The molecule has 0 saturated carbocycles. The second kappa shape index (κ2) is 6.56. The number of nitro benzene ring substituents is 1. The van der Waals surface area contributed by atoms with Crippen LogP contribution < -0.4 is 10.2 Å². The van der Waals surface area contributed by atoms with Gasteiger partial charge in [-0.2, -0.15) is 0 Å². The van der Waals surface area contributed by atoms with Gasteiger partial charge in [-0.1, -0.05) is 6.92 Å². The molecule has 128 valence electrons. The lowest BCUT2D eigenvalue weighted by Crippen LogP contribution is -2.30. The number of hydrogen-bond acceptors (Lipinski definition) is 6. The first kappa shape index (κ1) is 16.4. The molecule has 0 spiro atoms. The van der Waals surface area contributed by atoms with Crippen LogP contribution in [-0.4, -0.2) is 36.0 Å². The average Bonchev–Trinajstić information content (AvgIpc) is 3.14. The van der Waals surface area contributed by atoms with Crippen molar-refractivity contribution in [3.8, 4) is 0 Å². The average molecular weight is 333 g/mol. The van der Waals surface area contributed by atoms with Crippen molar-refractivity contribution in [2.45, 2.75) is 32.3 Å². The van der Waals surface area contributed by atoms with E-state index in [9.17, 15) is 19.7 Å². The summed E-state index contributed by atoms with van der Waals surface area (Å²) in [6.07, 6.45) is 2.09. The fraction of sp³-hybridized carbons (Fsp3) is 0.500. The maximum Gasteiger partial charge on any atom is 0.294 e. The van der Waals surface area contributed by atoms with Gasteiger partial charge in [0.2, 0.25) is 11.8 Å². The summed E-state index contributed by atoms with van der Waals surface area (Å²) in [6, 6.07) is 4.36. The summed E-state index contributed by atoms with van der Waals surface area (Å²) in [5.41, 5.74) is 0.431. The van der Waals surface area contributed by atoms with Gasteiger partial charge in [0.15, 0.2) is 0 Å². The van der Waals surface area contributed by atoms with Gasteiger partial charge in [0.25, 0.3) is 5.69 Å². The third-order valence-electron chi connectivity index (χ3n) is 4.35. The van der Waals surface area contributed by atoms with Gasteiger partial charge in [0, 0.05) is 31.6 Å². The molecule has 2 amide bonds. The zero-order valence-corrected chi connectivity index (χ0v) is 13.4. The number of hydrogen-bond donors (Lipinski definition) is 1. The van der Waals surface area contributed by atoms with E-state index in [0.29, 0.717) is 18.8 Å². The molecule has 8 heteroatoms. The molecule has 2 heterocycles. The highest BCUT2D eigenvalue weighted by molar-refractivity contribution is 6.21. The molecular formula is C16H19N3O5. The third kappa shape index (κ3) is 3.09.